The number of carbonyl (C=O) groups excluding carboxylic acids is 3. The maximum absolute atomic E-state index is 13.7. The molecule has 0 unspecified atom stereocenters. The van der Waals surface area contributed by atoms with Crippen LogP contribution in [0.4, 0.5) is 20.6 Å². The van der Waals surface area contributed by atoms with Gasteiger partial charge in [-0.1, -0.05) is 12.1 Å². The normalized spacial score (nSPS) is 14.5. The van der Waals surface area contributed by atoms with Crippen molar-refractivity contribution in [3.63, 3.8) is 0 Å². The fourth-order valence-electron chi connectivity index (χ4n) is 3.09. The number of urea groups is 1. The number of imide groups is 1. The number of furan rings is 1. The maximum Gasteiger partial charge on any atom is 0.329 e. The van der Waals surface area contributed by atoms with Crippen molar-refractivity contribution in [2.75, 3.05) is 11.9 Å². The van der Waals surface area contributed by atoms with Gasteiger partial charge in [-0.3, -0.25) is 19.7 Å². The highest BCUT2D eigenvalue weighted by atomic mass is 19.1. The van der Waals surface area contributed by atoms with Gasteiger partial charge in [0.05, 0.1) is 10.6 Å². The van der Waals surface area contributed by atoms with E-state index in [1.54, 1.807) is 12.1 Å². The number of nitro benzene ring substituents is 1. The summed E-state index contributed by atoms with van der Waals surface area (Å²) in [6.07, 6.45) is 1.30. The van der Waals surface area contributed by atoms with Gasteiger partial charge in [0, 0.05) is 23.8 Å². The molecule has 2 N–H and O–H groups in total. The van der Waals surface area contributed by atoms with Gasteiger partial charge < -0.3 is 15.1 Å². The fraction of sp³-hybridized carbons (Fsp3) is 0.0455. The zero-order valence-corrected chi connectivity index (χ0v) is 16.8. The smallest absolute Gasteiger partial charge is 0.329 e. The minimum Gasteiger partial charge on any atom is -0.457 e. The quantitative estimate of drug-likeness (QED) is 0.255. The summed E-state index contributed by atoms with van der Waals surface area (Å²) in [6.45, 7) is -0.609. The van der Waals surface area contributed by atoms with E-state index in [1.165, 1.54) is 54.6 Å². The van der Waals surface area contributed by atoms with Gasteiger partial charge in [0.15, 0.2) is 0 Å². The van der Waals surface area contributed by atoms with Crippen LogP contribution >= 0.6 is 0 Å². The van der Waals surface area contributed by atoms with E-state index >= 15 is 0 Å². The van der Waals surface area contributed by atoms with Gasteiger partial charge in [0.2, 0.25) is 5.91 Å². The van der Waals surface area contributed by atoms with Gasteiger partial charge in [0.25, 0.3) is 11.6 Å². The molecule has 4 amide bonds. The lowest BCUT2D eigenvalue weighted by atomic mass is 10.1. The number of benzene rings is 2. The van der Waals surface area contributed by atoms with E-state index in [9.17, 15) is 28.9 Å². The molecule has 2 heterocycles. The molecule has 1 saturated heterocycles. The first-order chi connectivity index (χ1) is 15.8. The molecule has 3 aromatic rings. The molecule has 2 aromatic carbocycles. The van der Waals surface area contributed by atoms with Gasteiger partial charge in [-0.05, 0) is 36.4 Å². The lowest BCUT2D eigenvalue weighted by Gasteiger charge is -2.12. The topological polar surface area (TPSA) is 135 Å². The van der Waals surface area contributed by atoms with E-state index in [0.717, 1.165) is 0 Å². The monoisotopic (exact) mass is 450 g/mol. The molecule has 0 saturated carbocycles. The van der Waals surface area contributed by atoms with Crippen LogP contribution in [0.5, 0.6) is 0 Å². The molecule has 0 aliphatic carbocycles. The number of amides is 4. The Labute approximate surface area is 185 Å². The van der Waals surface area contributed by atoms with Crippen LogP contribution in [0.25, 0.3) is 17.4 Å². The predicted molar refractivity (Wildman–Crippen MR) is 114 cm³/mol. The van der Waals surface area contributed by atoms with Crippen molar-refractivity contribution < 1.29 is 28.1 Å². The number of nitro groups is 1. The summed E-state index contributed by atoms with van der Waals surface area (Å²) in [5.74, 6) is -1.51. The molecule has 4 rings (SSSR count). The summed E-state index contributed by atoms with van der Waals surface area (Å²) in [6, 6.07) is 13.6. The third-order valence-corrected chi connectivity index (χ3v) is 4.69. The van der Waals surface area contributed by atoms with Crippen molar-refractivity contribution in [1.82, 2.24) is 10.2 Å². The van der Waals surface area contributed by atoms with Crippen molar-refractivity contribution in [1.29, 1.82) is 0 Å². The van der Waals surface area contributed by atoms with E-state index in [2.05, 4.69) is 10.6 Å². The van der Waals surface area contributed by atoms with Gasteiger partial charge >= 0.3 is 6.03 Å². The predicted octanol–water partition coefficient (Wildman–Crippen LogP) is 3.53. The third kappa shape index (κ3) is 4.61. The molecule has 1 aromatic heterocycles. The molecule has 0 atom stereocenters. The first-order valence-corrected chi connectivity index (χ1v) is 9.55. The highest BCUT2D eigenvalue weighted by Gasteiger charge is 2.35. The van der Waals surface area contributed by atoms with Crippen molar-refractivity contribution in [2.24, 2.45) is 0 Å². The highest BCUT2D eigenvalue weighted by molar-refractivity contribution is 6.15. The Bertz CT molecular complexity index is 1300. The summed E-state index contributed by atoms with van der Waals surface area (Å²) in [7, 11) is 0. The Kier molecular flexibility index (Phi) is 5.68. The molecule has 1 aliphatic rings. The first-order valence-electron chi connectivity index (χ1n) is 9.55. The number of para-hydroxylation sites is 1. The molecule has 0 bridgehead atoms. The molecule has 0 radical (unpaired) electrons. The van der Waals surface area contributed by atoms with Crippen LogP contribution in [0.1, 0.15) is 5.76 Å². The molecule has 166 valence electrons. The first kappa shape index (κ1) is 21.4. The summed E-state index contributed by atoms with van der Waals surface area (Å²) in [5.41, 5.74) is 0.340. The van der Waals surface area contributed by atoms with Crippen molar-refractivity contribution in [2.45, 2.75) is 0 Å². The van der Waals surface area contributed by atoms with Crippen molar-refractivity contribution >= 4 is 35.3 Å². The Morgan fingerprint density at radius 2 is 1.85 bits per heavy atom. The number of non-ortho nitro benzene ring substituents is 1. The van der Waals surface area contributed by atoms with Gasteiger partial charge in [0.1, 0.15) is 29.6 Å². The number of hydrogen-bond donors (Lipinski definition) is 2. The van der Waals surface area contributed by atoms with Crippen LogP contribution in [0, 0.1) is 15.9 Å². The summed E-state index contributed by atoms with van der Waals surface area (Å²) < 4.78 is 19.3. The van der Waals surface area contributed by atoms with E-state index in [4.69, 9.17) is 4.42 Å². The standard InChI is InChI=1S/C22H15FN4O6/c23-16-3-1-2-4-17(16)24-20(28)12-26-21(29)18(25-22(26)30)11-15-9-10-19(33-15)13-5-7-14(8-6-13)27(31)32/h1-11H,12H2,(H,24,28)(H,25,30)/b18-11-. The van der Waals surface area contributed by atoms with Crippen LogP contribution < -0.4 is 10.6 Å². The number of hydrogen-bond acceptors (Lipinski definition) is 6. The third-order valence-electron chi connectivity index (χ3n) is 4.69. The van der Waals surface area contributed by atoms with Crippen LogP contribution in [-0.2, 0) is 9.59 Å². The Balaban J connectivity index is 1.45. The summed E-state index contributed by atoms with van der Waals surface area (Å²) in [5, 5.41) is 15.4. The van der Waals surface area contributed by atoms with Crippen LogP contribution in [0.2, 0.25) is 0 Å². The molecule has 0 spiro atoms. The maximum atomic E-state index is 13.7. The SMILES string of the molecule is O=C(CN1C(=O)N/C(=C\c2ccc(-c3ccc([N+](=O)[O-])cc3)o2)C1=O)Nc1ccccc1F. The number of rotatable bonds is 6. The lowest BCUT2D eigenvalue weighted by molar-refractivity contribution is -0.384. The summed E-state index contributed by atoms with van der Waals surface area (Å²) in [4.78, 5) is 47.8. The van der Waals surface area contributed by atoms with Gasteiger partial charge in [-0.15, -0.1) is 0 Å². The van der Waals surface area contributed by atoms with E-state index in [1.807, 2.05) is 0 Å². The van der Waals surface area contributed by atoms with Crippen LogP contribution in [0.3, 0.4) is 0 Å². The molecular formula is C22H15FN4O6. The fourth-order valence-corrected chi connectivity index (χ4v) is 3.09. The average Bonchev–Trinajstić information content (AvgIpc) is 3.36. The Hall–Kier alpha value is -4.80. The lowest BCUT2D eigenvalue weighted by Crippen LogP contribution is -2.38. The second kappa shape index (κ2) is 8.75. The minimum atomic E-state index is -0.808. The van der Waals surface area contributed by atoms with Crippen LogP contribution in [-0.4, -0.2) is 34.2 Å². The molecule has 1 fully saturated rings. The number of carbonyl (C=O) groups is 3. The Morgan fingerprint density at radius 3 is 2.55 bits per heavy atom. The van der Waals surface area contributed by atoms with Gasteiger partial charge in [-0.25, -0.2) is 14.1 Å². The van der Waals surface area contributed by atoms with E-state index in [0.29, 0.717) is 16.2 Å². The van der Waals surface area contributed by atoms with E-state index in [-0.39, 0.29) is 22.8 Å². The number of nitrogens with one attached hydrogen (secondary N) is 2. The zero-order chi connectivity index (χ0) is 23.5. The molecular weight excluding hydrogens is 435 g/mol. The summed E-state index contributed by atoms with van der Waals surface area (Å²) >= 11 is 0. The van der Waals surface area contributed by atoms with Crippen molar-refractivity contribution in [3.05, 3.63) is 88.1 Å². The second-order valence-corrected chi connectivity index (χ2v) is 6.91. The molecule has 10 nitrogen and oxygen atoms in total. The molecule has 33 heavy (non-hydrogen) atoms. The largest absolute Gasteiger partial charge is 0.457 e. The zero-order valence-electron chi connectivity index (χ0n) is 16.8. The molecule has 11 heteroatoms. The number of halogens is 1. The second-order valence-electron chi connectivity index (χ2n) is 6.91. The van der Waals surface area contributed by atoms with Gasteiger partial charge in [-0.2, -0.15) is 0 Å². The molecule has 1 aliphatic heterocycles. The van der Waals surface area contributed by atoms with Crippen molar-refractivity contribution in [3.8, 4) is 11.3 Å². The minimum absolute atomic E-state index is 0.0638. The average molecular weight is 450 g/mol. The highest BCUT2D eigenvalue weighted by Crippen LogP contribution is 2.26. The van der Waals surface area contributed by atoms with Crippen LogP contribution in [0.15, 0.2) is 70.8 Å². The number of anilines is 1. The van der Waals surface area contributed by atoms with E-state index < -0.39 is 35.1 Å². The Morgan fingerprint density at radius 1 is 1.12 bits per heavy atom. The number of nitrogens with zero attached hydrogens (tertiary/aromatic N) is 2.